The summed E-state index contributed by atoms with van der Waals surface area (Å²) in [6.45, 7) is 2.36. The molecule has 2 heterocycles. The Kier molecular flexibility index (Phi) is 6.71. The fraction of sp³-hybridized carbons (Fsp3) is 0.400. The molecule has 1 aromatic heterocycles. The second kappa shape index (κ2) is 9.23. The maximum atomic E-state index is 12.8. The van der Waals surface area contributed by atoms with Gasteiger partial charge in [-0.05, 0) is 49.6 Å². The summed E-state index contributed by atoms with van der Waals surface area (Å²) in [6, 6.07) is 7.80. The lowest BCUT2D eigenvalue weighted by molar-refractivity contribution is -0.124. The van der Waals surface area contributed by atoms with E-state index in [1.54, 1.807) is 25.1 Å². The number of nitrogens with one attached hydrogen (secondary N) is 1. The zero-order valence-corrected chi connectivity index (χ0v) is 17.0. The molecule has 3 rings (SSSR count). The first kappa shape index (κ1) is 21.1. The number of amides is 1. The number of hydrogen-bond donors (Lipinski definition) is 1. The minimum atomic E-state index is -3.66. The fourth-order valence-corrected chi connectivity index (χ4v) is 4.64. The van der Waals surface area contributed by atoms with Gasteiger partial charge in [0.05, 0.1) is 23.3 Å². The summed E-state index contributed by atoms with van der Waals surface area (Å²) >= 11 is 0. The number of hydrogen-bond acceptors (Lipinski definition) is 6. The topological polar surface area (TPSA) is 106 Å². The Hall–Kier alpha value is -2.65. The van der Waals surface area contributed by atoms with Crippen molar-refractivity contribution in [2.24, 2.45) is 0 Å². The number of esters is 1. The molecule has 1 N–H and O–H groups in total. The van der Waals surface area contributed by atoms with Crippen molar-refractivity contribution >= 4 is 21.9 Å². The number of piperidine rings is 1. The third-order valence-corrected chi connectivity index (χ3v) is 6.65. The molecule has 0 saturated carbocycles. The molecule has 1 fully saturated rings. The van der Waals surface area contributed by atoms with Gasteiger partial charge in [-0.3, -0.25) is 4.79 Å². The highest BCUT2D eigenvalue weighted by atomic mass is 32.2. The van der Waals surface area contributed by atoms with Crippen molar-refractivity contribution in [3.63, 3.8) is 0 Å². The van der Waals surface area contributed by atoms with Crippen LogP contribution < -0.4 is 5.32 Å². The molecule has 1 aromatic carbocycles. The number of carbonyl (C=O) groups excluding carboxylic acids is 2. The van der Waals surface area contributed by atoms with Crippen molar-refractivity contribution < 1.29 is 27.2 Å². The van der Waals surface area contributed by atoms with E-state index in [9.17, 15) is 18.0 Å². The lowest BCUT2D eigenvalue weighted by Crippen LogP contribution is -2.35. The molecule has 1 aliphatic heterocycles. The van der Waals surface area contributed by atoms with Crippen LogP contribution in [0, 0.1) is 6.92 Å². The van der Waals surface area contributed by atoms with Crippen molar-refractivity contribution in [1.82, 2.24) is 9.62 Å². The predicted molar refractivity (Wildman–Crippen MR) is 105 cm³/mol. The summed E-state index contributed by atoms with van der Waals surface area (Å²) < 4.78 is 37.3. The minimum Gasteiger partial charge on any atom is -0.467 e. The zero-order valence-electron chi connectivity index (χ0n) is 16.2. The van der Waals surface area contributed by atoms with E-state index in [1.165, 1.54) is 22.7 Å². The molecule has 1 saturated heterocycles. The molecule has 9 heteroatoms. The van der Waals surface area contributed by atoms with E-state index in [0.29, 0.717) is 24.4 Å². The molecule has 2 aromatic rings. The van der Waals surface area contributed by atoms with Gasteiger partial charge < -0.3 is 14.5 Å². The van der Waals surface area contributed by atoms with Crippen LogP contribution in [0.4, 0.5) is 0 Å². The predicted octanol–water partition coefficient (Wildman–Crippen LogP) is 2.24. The van der Waals surface area contributed by atoms with Crippen LogP contribution in [0.2, 0.25) is 0 Å². The Bertz CT molecular complexity index is 963. The largest absolute Gasteiger partial charge is 0.467 e. The molecule has 0 atom stereocenters. The van der Waals surface area contributed by atoms with Gasteiger partial charge in [0.1, 0.15) is 5.76 Å². The molecule has 8 nitrogen and oxygen atoms in total. The van der Waals surface area contributed by atoms with Gasteiger partial charge in [-0.1, -0.05) is 12.5 Å². The molecule has 1 aliphatic rings. The number of ether oxygens (including phenoxy) is 1. The average molecular weight is 420 g/mol. The Morgan fingerprint density at radius 3 is 2.62 bits per heavy atom. The monoisotopic (exact) mass is 420 g/mol. The van der Waals surface area contributed by atoms with E-state index >= 15 is 0 Å². The van der Waals surface area contributed by atoms with Crippen LogP contribution in [0.1, 0.15) is 40.9 Å². The van der Waals surface area contributed by atoms with Crippen LogP contribution in [0.15, 0.2) is 45.9 Å². The van der Waals surface area contributed by atoms with Gasteiger partial charge in [0.2, 0.25) is 10.0 Å². The van der Waals surface area contributed by atoms with Gasteiger partial charge in [0, 0.05) is 13.1 Å². The first-order chi connectivity index (χ1) is 13.9. The summed E-state index contributed by atoms with van der Waals surface area (Å²) in [6.07, 6.45) is 4.16. The maximum Gasteiger partial charge on any atom is 0.338 e. The Labute approximate surface area is 169 Å². The van der Waals surface area contributed by atoms with E-state index in [-0.39, 0.29) is 17.0 Å². The number of nitrogens with zero attached hydrogens (tertiary/aromatic N) is 1. The van der Waals surface area contributed by atoms with Crippen molar-refractivity contribution in [2.75, 3.05) is 19.7 Å². The fourth-order valence-electron chi connectivity index (χ4n) is 3.09. The SMILES string of the molecule is Cc1ccc(S(=O)(=O)N2CCCCC2)cc1C(=O)OCC(=O)NCc1ccco1. The number of carbonyl (C=O) groups is 2. The summed E-state index contributed by atoms with van der Waals surface area (Å²) in [4.78, 5) is 24.3. The first-order valence-corrected chi connectivity index (χ1v) is 10.9. The van der Waals surface area contributed by atoms with Gasteiger partial charge in [-0.2, -0.15) is 4.31 Å². The van der Waals surface area contributed by atoms with Gasteiger partial charge in [-0.25, -0.2) is 13.2 Å². The highest BCUT2D eigenvalue weighted by molar-refractivity contribution is 7.89. The highest BCUT2D eigenvalue weighted by Crippen LogP contribution is 2.23. The number of benzene rings is 1. The van der Waals surface area contributed by atoms with Crippen LogP contribution in [-0.4, -0.2) is 44.3 Å². The average Bonchev–Trinajstić information content (AvgIpc) is 3.25. The van der Waals surface area contributed by atoms with Crippen LogP contribution in [0.3, 0.4) is 0 Å². The molecule has 0 aliphatic carbocycles. The molecular weight excluding hydrogens is 396 g/mol. The van der Waals surface area contributed by atoms with Gasteiger partial charge in [-0.15, -0.1) is 0 Å². The Balaban J connectivity index is 1.64. The van der Waals surface area contributed by atoms with Crippen molar-refractivity contribution in [3.05, 3.63) is 53.5 Å². The molecule has 29 heavy (non-hydrogen) atoms. The van der Waals surface area contributed by atoms with E-state index in [0.717, 1.165) is 19.3 Å². The van der Waals surface area contributed by atoms with Crippen LogP contribution in [0.25, 0.3) is 0 Å². The van der Waals surface area contributed by atoms with Crippen LogP contribution in [0.5, 0.6) is 0 Å². The number of sulfonamides is 1. The standard InChI is InChI=1S/C20H24N2O6S/c1-15-7-8-17(29(25,26)22-9-3-2-4-10-22)12-18(15)20(24)28-14-19(23)21-13-16-6-5-11-27-16/h5-8,11-12H,2-4,9-10,13-14H2,1H3,(H,21,23). The van der Waals surface area contributed by atoms with Crippen molar-refractivity contribution in [2.45, 2.75) is 37.6 Å². The zero-order chi connectivity index (χ0) is 20.9. The quantitative estimate of drug-likeness (QED) is 0.689. The van der Waals surface area contributed by atoms with E-state index in [4.69, 9.17) is 9.15 Å². The van der Waals surface area contributed by atoms with Gasteiger partial charge in [0.25, 0.3) is 5.91 Å². The van der Waals surface area contributed by atoms with Crippen LogP contribution in [-0.2, 0) is 26.1 Å². The molecule has 0 unspecified atom stereocenters. The smallest absolute Gasteiger partial charge is 0.338 e. The number of rotatable bonds is 7. The normalized spacial score (nSPS) is 15.1. The Morgan fingerprint density at radius 1 is 1.17 bits per heavy atom. The van der Waals surface area contributed by atoms with Crippen LogP contribution >= 0.6 is 0 Å². The third-order valence-electron chi connectivity index (χ3n) is 4.76. The van der Waals surface area contributed by atoms with Gasteiger partial charge in [0.15, 0.2) is 6.61 Å². The Morgan fingerprint density at radius 2 is 1.93 bits per heavy atom. The van der Waals surface area contributed by atoms with Gasteiger partial charge >= 0.3 is 5.97 Å². The second-order valence-corrected chi connectivity index (χ2v) is 8.81. The first-order valence-electron chi connectivity index (χ1n) is 9.45. The lowest BCUT2D eigenvalue weighted by atomic mass is 10.1. The number of aryl methyl sites for hydroxylation is 1. The summed E-state index contributed by atoms with van der Waals surface area (Å²) in [5.41, 5.74) is 0.700. The summed E-state index contributed by atoms with van der Waals surface area (Å²) in [5.74, 6) is -0.646. The minimum absolute atomic E-state index is 0.0548. The molecular formula is C20H24N2O6S. The van der Waals surface area contributed by atoms with E-state index in [2.05, 4.69) is 5.32 Å². The number of furan rings is 1. The summed E-state index contributed by atoms with van der Waals surface area (Å²) in [7, 11) is -3.66. The molecule has 156 valence electrons. The lowest BCUT2D eigenvalue weighted by Gasteiger charge is -2.26. The molecule has 0 spiro atoms. The molecule has 1 amide bonds. The molecule has 0 radical (unpaired) electrons. The van der Waals surface area contributed by atoms with E-state index in [1.807, 2.05) is 0 Å². The maximum absolute atomic E-state index is 12.8. The van der Waals surface area contributed by atoms with E-state index < -0.39 is 28.5 Å². The highest BCUT2D eigenvalue weighted by Gasteiger charge is 2.27. The summed E-state index contributed by atoms with van der Waals surface area (Å²) in [5, 5.41) is 2.57. The third kappa shape index (κ3) is 5.24. The molecule has 0 bridgehead atoms. The second-order valence-electron chi connectivity index (χ2n) is 6.87. The van der Waals surface area contributed by atoms with Crippen molar-refractivity contribution in [3.8, 4) is 0 Å². The van der Waals surface area contributed by atoms with Crippen molar-refractivity contribution in [1.29, 1.82) is 0 Å².